The summed E-state index contributed by atoms with van der Waals surface area (Å²) in [7, 11) is 4.17. The highest BCUT2D eigenvalue weighted by Gasteiger charge is 2.39. The summed E-state index contributed by atoms with van der Waals surface area (Å²) in [5.41, 5.74) is 3.20. The van der Waals surface area contributed by atoms with E-state index in [0.29, 0.717) is 12.1 Å². The summed E-state index contributed by atoms with van der Waals surface area (Å²) in [6, 6.07) is 12.2. The van der Waals surface area contributed by atoms with Crippen molar-refractivity contribution in [1.82, 2.24) is 24.8 Å². The predicted octanol–water partition coefficient (Wildman–Crippen LogP) is 3.04. The Morgan fingerprint density at radius 1 is 1.11 bits per heavy atom. The molecule has 186 valence electrons. The van der Waals surface area contributed by atoms with Crippen LogP contribution in [-0.2, 0) is 17.6 Å². The Morgan fingerprint density at radius 3 is 2.14 bits per heavy atom. The van der Waals surface area contributed by atoms with Gasteiger partial charge in [-0.15, -0.1) is 0 Å². The first kappa shape index (κ1) is 25.9. The molecular weight excluding hydrogens is 463 g/mol. The summed E-state index contributed by atoms with van der Waals surface area (Å²) in [4.78, 5) is 32.5. The number of rotatable bonds is 5. The first-order valence-corrected chi connectivity index (χ1v) is 10.7. The molecule has 0 radical (unpaired) electrons. The van der Waals surface area contributed by atoms with E-state index in [4.69, 9.17) is 9.90 Å². The predicted molar refractivity (Wildman–Crippen MR) is 122 cm³/mol. The van der Waals surface area contributed by atoms with Crippen LogP contribution in [0.3, 0.4) is 0 Å². The average Bonchev–Trinajstić information content (AvgIpc) is 3.41. The van der Waals surface area contributed by atoms with Gasteiger partial charge in [0.05, 0.1) is 5.56 Å². The molecule has 35 heavy (non-hydrogen) atoms. The highest BCUT2D eigenvalue weighted by Crippen LogP contribution is 2.33. The number of carboxylic acid groups (broad SMARTS) is 1. The molecule has 0 saturated heterocycles. The fourth-order valence-electron chi connectivity index (χ4n) is 3.90. The average molecular weight is 489 g/mol. The quantitative estimate of drug-likeness (QED) is 0.572. The van der Waals surface area contributed by atoms with Crippen molar-refractivity contribution in [3.63, 3.8) is 0 Å². The highest BCUT2D eigenvalue weighted by atomic mass is 19.4. The number of aryl methyl sites for hydroxylation is 1. The number of alkyl halides is 3. The topological polar surface area (TPSA) is 100 Å². The maximum Gasteiger partial charge on any atom is 0.490 e. The number of halogens is 3. The molecule has 0 bridgehead atoms. The second-order valence-corrected chi connectivity index (χ2v) is 8.48. The van der Waals surface area contributed by atoms with Crippen molar-refractivity contribution >= 4 is 11.9 Å². The summed E-state index contributed by atoms with van der Waals surface area (Å²) in [6.45, 7) is 2.51. The zero-order valence-electron chi connectivity index (χ0n) is 19.5. The van der Waals surface area contributed by atoms with E-state index in [0.717, 1.165) is 24.5 Å². The van der Waals surface area contributed by atoms with Gasteiger partial charge in [-0.05, 0) is 57.1 Å². The molecule has 0 saturated carbocycles. The second kappa shape index (κ2) is 10.3. The van der Waals surface area contributed by atoms with Gasteiger partial charge in [-0.25, -0.2) is 14.8 Å². The number of imidazole rings is 1. The number of benzene rings is 1. The van der Waals surface area contributed by atoms with Gasteiger partial charge in [-0.1, -0.05) is 24.3 Å². The number of carbonyl (C=O) groups excluding carboxylic acids is 1. The van der Waals surface area contributed by atoms with Gasteiger partial charge < -0.3 is 15.3 Å². The van der Waals surface area contributed by atoms with Gasteiger partial charge in [-0.2, -0.15) is 13.2 Å². The molecule has 1 aliphatic carbocycles. The van der Waals surface area contributed by atoms with Crippen LogP contribution in [0.5, 0.6) is 0 Å². The summed E-state index contributed by atoms with van der Waals surface area (Å²) >= 11 is 0. The molecular formula is C24H26F3N5O3. The molecule has 2 aromatic heterocycles. The fourth-order valence-corrected chi connectivity index (χ4v) is 3.90. The molecule has 11 heteroatoms. The Bertz CT molecular complexity index is 1160. The minimum Gasteiger partial charge on any atom is -0.475 e. The number of likely N-dealkylation sites (N-methyl/N-ethyl adjacent to an activating group) is 1. The minimum atomic E-state index is -5.08. The van der Waals surface area contributed by atoms with E-state index in [2.05, 4.69) is 58.5 Å². The van der Waals surface area contributed by atoms with Crippen molar-refractivity contribution in [3.8, 4) is 5.82 Å². The first-order chi connectivity index (χ1) is 16.4. The lowest BCUT2D eigenvalue weighted by Gasteiger charge is -2.36. The number of carboxylic acids is 1. The Balaban J connectivity index is 0.000000429. The molecule has 1 amide bonds. The standard InChI is InChI=1S/C22H25N5O.C2HF3O2/c1-16-23-10-11-27(16)20-9-8-19(14-24-20)21(28)25-15-22(26(2)3)12-17-6-4-5-7-18(17)13-22;3-2(4,5)1(6)7/h4-11,14H,12-13,15H2,1-3H3,(H,25,28);(H,6,7). The van der Waals surface area contributed by atoms with Crippen LogP contribution in [0.25, 0.3) is 5.82 Å². The van der Waals surface area contributed by atoms with Crippen LogP contribution in [0, 0.1) is 6.92 Å². The van der Waals surface area contributed by atoms with Crippen molar-refractivity contribution in [2.75, 3.05) is 20.6 Å². The molecule has 2 N–H and O–H groups in total. The molecule has 1 aliphatic rings. The molecule has 3 aromatic rings. The maximum absolute atomic E-state index is 12.7. The molecule has 2 heterocycles. The molecule has 1 aromatic carbocycles. The van der Waals surface area contributed by atoms with E-state index in [1.807, 2.05) is 29.8 Å². The van der Waals surface area contributed by atoms with E-state index in [1.54, 1.807) is 12.4 Å². The van der Waals surface area contributed by atoms with Gasteiger partial charge in [0.1, 0.15) is 11.6 Å². The van der Waals surface area contributed by atoms with Crippen LogP contribution in [0.4, 0.5) is 13.2 Å². The number of hydrogen-bond acceptors (Lipinski definition) is 5. The van der Waals surface area contributed by atoms with Crippen LogP contribution < -0.4 is 5.32 Å². The number of fused-ring (bicyclic) bond motifs is 1. The van der Waals surface area contributed by atoms with E-state index in [-0.39, 0.29) is 11.4 Å². The summed E-state index contributed by atoms with van der Waals surface area (Å²) in [5, 5.41) is 10.2. The van der Waals surface area contributed by atoms with Gasteiger partial charge in [0, 0.05) is 30.7 Å². The van der Waals surface area contributed by atoms with Crippen molar-refractivity contribution in [2.45, 2.75) is 31.5 Å². The Kier molecular flexibility index (Phi) is 7.59. The van der Waals surface area contributed by atoms with E-state index in [9.17, 15) is 18.0 Å². The van der Waals surface area contributed by atoms with Crippen LogP contribution >= 0.6 is 0 Å². The van der Waals surface area contributed by atoms with Crippen molar-refractivity contribution in [3.05, 3.63) is 77.5 Å². The number of carbonyl (C=O) groups is 2. The number of pyridine rings is 1. The third-order valence-electron chi connectivity index (χ3n) is 6.01. The number of amides is 1. The third kappa shape index (κ3) is 6.04. The fraction of sp³-hybridized carbons (Fsp3) is 0.333. The molecule has 4 rings (SSSR count). The van der Waals surface area contributed by atoms with Crippen LogP contribution in [0.2, 0.25) is 0 Å². The molecule has 0 atom stereocenters. The zero-order chi connectivity index (χ0) is 25.8. The molecule has 0 aliphatic heterocycles. The zero-order valence-corrected chi connectivity index (χ0v) is 19.5. The first-order valence-electron chi connectivity index (χ1n) is 10.7. The monoisotopic (exact) mass is 489 g/mol. The largest absolute Gasteiger partial charge is 0.490 e. The van der Waals surface area contributed by atoms with Gasteiger partial charge in [0.2, 0.25) is 0 Å². The Labute approximate surface area is 200 Å². The van der Waals surface area contributed by atoms with E-state index in [1.165, 1.54) is 11.1 Å². The van der Waals surface area contributed by atoms with Crippen molar-refractivity contribution in [1.29, 1.82) is 0 Å². The third-order valence-corrected chi connectivity index (χ3v) is 6.01. The molecule has 0 spiro atoms. The van der Waals surface area contributed by atoms with Gasteiger partial charge in [0.15, 0.2) is 0 Å². The number of nitrogens with one attached hydrogen (secondary N) is 1. The Hall–Kier alpha value is -3.73. The highest BCUT2D eigenvalue weighted by molar-refractivity contribution is 5.94. The van der Waals surface area contributed by atoms with Gasteiger partial charge >= 0.3 is 12.1 Å². The minimum absolute atomic E-state index is 0.0966. The Morgan fingerprint density at radius 2 is 1.71 bits per heavy atom. The summed E-state index contributed by atoms with van der Waals surface area (Å²) in [6.07, 6.45) is 2.00. The van der Waals surface area contributed by atoms with E-state index < -0.39 is 12.1 Å². The normalized spacial score (nSPS) is 14.1. The number of nitrogens with zero attached hydrogens (tertiary/aromatic N) is 4. The maximum atomic E-state index is 12.7. The smallest absolute Gasteiger partial charge is 0.475 e. The molecule has 0 unspecified atom stereocenters. The van der Waals surface area contributed by atoms with E-state index >= 15 is 0 Å². The lowest BCUT2D eigenvalue weighted by molar-refractivity contribution is -0.192. The molecule has 8 nitrogen and oxygen atoms in total. The summed E-state index contributed by atoms with van der Waals surface area (Å²) in [5.74, 6) is -1.24. The molecule has 0 fully saturated rings. The van der Waals surface area contributed by atoms with Crippen LogP contribution in [0.15, 0.2) is 55.0 Å². The number of aromatic nitrogens is 3. The number of aliphatic carboxylic acids is 1. The second-order valence-electron chi connectivity index (χ2n) is 8.48. The SMILES string of the molecule is Cc1nccn1-c1ccc(C(=O)NCC2(N(C)C)Cc3ccccc3C2)cn1.O=C(O)C(F)(F)F. The van der Waals surface area contributed by atoms with Gasteiger partial charge in [-0.3, -0.25) is 9.36 Å². The van der Waals surface area contributed by atoms with Crippen molar-refractivity contribution < 1.29 is 27.9 Å². The lowest BCUT2D eigenvalue weighted by Crippen LogP contribution is -2.53. The van der Waals surface area contributed by atoms with Crippen LogP contribution in [-0.4, -0.2) is 68.8 Å². The number of hydrogen-bond donors (Lipinski definition) is 2. The summed E-state index contributed by atoms with van der Waals surface area (Å²) < 4.78 is 33.6. The lowest BCUT2D eigenvalue weighted by atomic mass is 9.94. The van der Waals surface area contributed by atoms with Crippen molar-refractivity contribution in [2.24, 2.45) is 0 Å². The van der Waals surface area contributed by atoms with Gasteiger partial charge in [0.25, 0.3) is 5.91 Å². The van der Waals surface area contributed by atoms with Crippen LogP contribution in [0.1, 0.15) is 27.3 Å².